The zero-order valence-electron chi connectivity index (χ0n) is 12.7. The summed E-state index contributed by atoms with van der Waals surface area (Å²) in [5.41, 5.74) is 0.779. The molecule has 0 radical (unpaired) electrons. The number of rotatable bonds is 9. The SMILES string of the molecule is O=C[C@H](O)[C@H](O)[C@H](O)COC(=O)CNC(=O)OCc1ccccc1. The average molecular weight is 341 g/mol. The van der Waals surface area contributed by atoms with Crippen LogP contribution >= 0.6 is 0 Å². The summed E-state index contributed by atoms with van der Waals surface area (Å²) in [4.78, 5) is 33.0. The number of amides is 1. The van der Waals surface area contributed by atoms with E-state index >= 15 is 0 Å². The number of aldehydes is 1. The van der Waals surface area contributed by atoms with Crippen LogP contribution in [0.2, 0.25) is 0 Å². The predicted molar refractivity (Wildman–Crippen MR) is 79.7 cm³/mol. The molecule has 0 saturated carbocycles. The molecule has 0 spiro atoms. The van der Waals surface area contributed by atoms with Gasteiger partial charge in [0.25, 0.3) is 0 Å². The lowest BCUT2D eigenvalue weighted by Crippen LogP contribution is -2.42. The first kappa shape index (κ1) is 19.6. The average Bonchev–Trinajstić information content (AvgIpc) is 2.62. The summed E-state index contributed by atoms with van der Waals surface area (Å²) in [5, 5.41) is 29.8. The largest absolute Gasteiger partial charge is 0.462 e. The van der Waals surface area contributed by atoms with Crippen molar-refractivity contribution >= 4 is 18.3 Å². The van der Waals surface area contributed by atoms with E-state index in [1.54, 1.807) is 24.3 Å². The second-order valence-electron chi connectivity index (χ2n) is 4.78. The van der Waals surface area contributed by atoms with Gasteiger partial charge in [-0.05, 0) is 5.56 Å². The van der Waals surface area contributed by atoms with Gasteiger partial charge in [-0.2, -0.15) is 0 Å². The first-order valence-electron chi connectivity index (χ1n) is 7.03. The van der Waals surface area contributed by atoms with E-state index in [-0.39, 0.29) is 12.9 Å². The highest BCUT2D eigenvalue weighted by Crippen LogP contribution is 2.01. The fraction of sp³-hybridized carbons (Fsp3) is 0.400. The lowest BCUT2D eigenvalue weighted by Gasteiger charge is -2.19. The number of carbonyl (C=O) groups is 3. The number of aliphatic hydroxyl groups is 3. The molecule has 132 valence electrons. The Bertz CT molecular complexity index is 536. The van der Waals surface area contributed by atoms with Crippen LogP contribution in [0.5, 0.6) is 0 Å². The zero-order valence-corrected chi connectivity index (χ0v) is 12.7. The summed E-state index contributed by atoms with van der Waals surface area (Å²) in [6.45, 7) is -1.12. The first-order valence-corrected chi connectivity index (χ1v) is 7.03. The molecule has 1 amide bonds. The second kappa shape index (κ2) is 10.3. The summed E-state index contributed by atoms with van der Waals surface area (Å²) < 4.78 is 9.46. The molecule has 0 bridgehead atoms. The van der Waals surface area contributed by atoms with E-state index in [0.29, 0.717) is 0 Å². The fourth-order valence-corrected chi connectivity index (χ4v) is 1.55. The van der Waals surface area contributed by atoms with Gasteiger partial charge in [-0.25, -0.2) is 4.79 Å². The Kier molecular flexibility index (Phi) is 8.41. The van der Waals surface area contributed by atoms with Crippen LogP contribution in [0.25, 0.3) is 0 Å². The van der Waals surface area contributed by atoms with Gasteiger partial charge < -0.3 is 34.9 Å². The molecule has 4 N–H and O–H groups in total. The minimum Gasteiger partial charge on any atom is -0.462 e. The van der Waals surface area contributed by atoms with Crippen molar-refractivity contribution in [1.29, 1.82) is 0 Å². The monoisotopic (exact) mass is 341 g/mol. The molecule has 1 aromatic rings. The third kappa shape index (κ3) is 7.18. The molecule has 0 aliphatic heterocycles. The van der Waals surface area contributed by atoms with Gasteiger partial charge in [-0.15, -0.1) is 0 Å². The van der Waals surface area contributed by atoms with Crippen molar-refractivity contribution in [2.24, 2.45) is 0 Å². The molecule has 9 heteroatoms. The van der Waals surface area contributed by atoms with E-state index in [0.717, 1.165) is 5.56 Å². The van der Waals surface area contributed by atoms with Crippen LogP contribution in [0.15, 0.2) is 30.3 Å². The maximum absolute atomic E-state index is 11.4. The number of esters is 1. The summed E-state index contributed by atoms with van der Waals surface area (Å²) in [6.07, 6.45) is -5.99. The van der Waals surface area contributed by atoms with Crippen molar-refractivity contribution in [3.63, 3.8) is 0 Å². The van der Waals surface area contributed by atoms with Crippen LogP contribution in [0.1, 0.15) is 5.56 Å². The van der Waals surface area contributed by atoms with Crippen molar-refractivity contribution in [3.05, 3.63) is 35.9 Å². The quantitative estimate of drug-likeness (QED) is 0.322. The number of carbonyl (C=O) groups excluding carboxylic acids is 3. The van der Waals surface area contributed by atoms with Gasteiger partial charge in [0.1, 0.15) is 38.1 Å². The Morgan fingerprint density at radius 1 is 1.12 bits per heavy atom. The fourth-order valence-electron chi connectivity index (χ4n) is 1.55. The molecule has 24 heavy (non-hydrogen) atoms. The molecule has 0 saturated heterocycles. The minimum absolute atomic E-state index is 0.0379. The van der Waals surface area contributed by atoms with Gasteiger partial charge in [-0.3, -0.25) is 4.79 Å². The second-order valence-corrected chi connectivity index (χ2v) is 4.78. The van der Waals surface area contributed by atoms with Crippen LogP contribution < -0.4 is 5.32 Å². The Hall–Kier alpha value is -2.49. The number of hydrogen-bond acceptors (Lipinski definition) is 8. The number of benzene rings is 1. The summed E-state index contributed by atoms with van der Waals surface area (Å²) in [5.74, 6) is -0.890. The van der Waals surface area contributed by atoms with Gasteiger partial charge in [0, 0.05) is 0 Å². The smallest absolute Gasteiger partial charge is 0.407 e. The number of nitrogens with one attached hydrogen (secondary N) is 1. The molecule has 3 atom stereocenters. The standard InChI is InChI=1S/C15H19NO8/c17-7-11(18)14(21)12(19)9-23-13(20)6-16-15(22)24-8-10-4-2-1-3-5-10/h1-5,7,11-12,14,18-19,21H,6,8-9H2,(H,16,22)/t11-,12+,14-/m0/s1. The molecule has 0 aliphatic rings. The Morgan fingerprint density at radius 2 is 1.79 bits per heavy atom. The third-order valence-corrected chi connectivity index (χ3v) is 2.89. The maximum atomic E-state index is 11.4. The van der Waals surface area contributed by atoms with Crippen LogP contribution in [0.3, 0.4) is 0 Å². The third-order valence-electron chi connectivity index (χ3n) is 2.89. The van der Waals surface area contributed by atoms with Crippen LogP contribution in [0, 0.1) is 0 Å². The molecular formula is C15H19NO8. The molecule has 0 unspecified atom stereocenters. The Balaban J connectivity index is 2.21. The van der Waals surface area contributed by atoms with E-state index in [4.69, 9.17) is 9.84 Å². The topological polar surface area (TPSA) is 142 Å². The molecule has 0 aromatic heterocycles. The summed E-state index contributed by atoms with van der Waals surface area (Å²) in [7, 11) is 0. The van der Waals surface area contributed by atoms with Crippen molar-refractivity contribution in [1.82, 2.24) is 5.32 Å². The lowest BCUT2D eigenvalue weighted by molar-refractivity contribution is -0.151. The predicted octanol–water partition coefficient (Wildman–Crippen LogP) is -1.26. The molecule has 1 rings (SSSR count). The zero-order chi connectivity index (χ0) is 17.9. The summed E-state index contributed by atoms with van der Waals surface area (Å²) >= 11 is 0. The molecular weight excluding hydrogens is 322 g/mol. The normalized spacial score (nSPS) is 14.1. The van der Waals surface area contributed by atoms with E-state index in [2.05, 4.69) is 10.1 Å². The molecule has 9 nitrogen and oxygen atoms in total. The van der Waals surface area contributed by atoms with Crippen molar-refractivity contribution < 1.29 is 39.2 Å². The Morgan fingerprint density at radius 3 is 2.42 bits per heavy atom. The van der Waals surface area contributed by atoms with Gasteiger partial charge in [0.05, 0.1) is 0 Å². The molecule has 1 aromatic carbocycles. The highest BCUT2D eigenvalue weighted by Gasteiger charge is 2.25. The van der Waals surface area contributed by atoms with Crippen molar-refractivity contribution in [2.45, 2.75) is 24.9 Å². The van der Waals surface area contributed by atoms with Crippen LogP contribution in [-0.2, 0) is 25.7 Å². The first-order chi connectivity index (χ1) is 11.4. The van der Waals surface area contributed by atoms with E-state index < -0.39 is 43.5 Å². The van der Waals surface area contributed by atoms with Gasteiger partial charge >= 0.3 is 12.1 Å². The number of aliphatic hydroxyl groups excluding tert-OH is 3. The molecule has 0 fully saturated rings. The van der Waals surface area contributed by atoms with Gasteiger partial charge in [-0.1, -0.05) is 30.3 Å². The van der Waals surface area contributed by atoms with Crippen molar-refractivity contribution in [2.75, 3.05) is 13.2 Å². The summed E-state index contributed by atoms with van der Waals surface area (Å²) in [6, 6.07) is 8.92. The van der Waals surface area contributed by atoms with E-state index in [9.17, 15) is 24.6 Å². The highest BCUT2D eigenvalue weighted by atomic mass is 16.6. The number of alkyl carbamates (subject to hydrolysis) is 1. The lowest BCUT2D eigenvalue weighted by atomic mass is 10.1. The van der Waals surface area contributed by atoms with Crippen LogP contribution in [-0.4, -0.2) is 65.1 Å². The minimum atomic E-state index is -1.79. The van der Waals surface area contributed by atoms with Gasteiger partial charge in [0.15, 0.2) is 6.29 Å². The van der Waals surface area contributed by atoms with Gasteiger partial charge in [0.2, 0.25) is 0 Å². The highest BCUT2D eigenvalue weighted by molar-refractivity contribution is 5.77. The molecule has 0 heterocycles. The van der Waals surface area contributed by atoms with Crippen molar-refractivity contribution in [3.8, 4) is 0 Å². The molecule has 0 aliphatic carbocycles. The number of hydrogen-bond donors (Lipinski definition) is 4. The van der Waals surface area contributed by atoms with Crippen LogP contribution in [0.4, 0.5) is 4.79 Å². The Labute approximate surface area is 137 Å². The maximum Gasteiger partial charge on any atom is 0.407 e. The van der Waals surface area contributed by atoms with E-state index in [1.165, 1.54) is 0 Å². The number of ether oxygens (including phenoxy) is 2. The van der Waals surface area contributed by atoms with E-state index in [1.807, 2.05) is 6.07 Å².